The van der Waals surface area contributed by atoms with Crippen LogP contribution in [0.2, 0.25) is 0 Å². The molecule has 0 radical (unpaired) electrons. The first kappa shape index (κ1) is 10.3. The Hall–Kier alpha value is -0.860. The van der Waals surface area contributed by atoms with E-state index in [0.717, 1.165) is 12.1 Å². The lowest BCUT2D eigenvalue weighted by Crippen LogP contribution is -2.60. The average Bonchev–Trinajstić information content (AvgIpc) is 2.66. The Morgan fingerprint density at radius 3 is 2.19 bits per heavy atom. The first-order valence-electron chi connectivity index (χ1n) is 6.41. The van der Waals surface area contributed by atoms with Crippen molar-refractivity contribution in [2.24, 2.45) is 0 Å². The molecule has 1 aliphatic carbocycles. The van der Waals surface area contributed by atoms with Crippen LogP contribution in [0.1, 0.15) is 18.1 Å². The third-order valence-electron chi connectivity index (χ3n) is 4.09. The van der Waals surface area contributed by atoms with Crippen molar-refractivity contribution in [3.63, 3.8) is 0 Å². The lowest BCUT2D eigenvalue weighted by atomic mass is 10.1. The van der Waals surface area contributed by atoms with Crippen LogP contribution < -0.4 is 5.32 Å². The highest BCUT2D eigenvalue weighted by Gasteiger charge is 2.32. The van der Waals surface area contributed by atoms with Gasteiger partial charge < -0.3 is 5.32 Å². The summed E-state index contributed by atoms with van der Waals surface area (Å²) >= 11 is 0. The van der Waals surface area contributed by atoms with E-state index in [9.17, 15) is 0 Å². The van der Waals surface area contributed by atoms with Crippen LogP contribution in [0.3, 0.4) is 0 Å². The molecule has 1 aliphatic heterocycles. The number of hydrogen-bond donors (Lipinski definition) is 1. The maximum absolute atomic E-state index is 3.38. The largest absolute Gasteiger partial charge is 0.314 e. The Balaban J connectivity index is 1.74. The molecule has 3 rings (SSSR count). The van der Waals surface area contributed by atoms with Gasteiger partial charge in [0.2, 0.25) is 0 Å². The Bertz CT molecular complexity index is 346. The lowest BCUT2D eigenvalue weighted by Gasteiger charge is -2.41. The van der Waals surface area contributed by atoms with E-state index in [4.69, 9.17) is 0 Å². The summed E-state index contributed by atoms with van der Waals surface area (Å²) in [4.78, 5) is 2.69. The van der Waals surface area contributed by atoms with E-state index in [-0.39, 0.29) is 0 Å². The summed E-state index contributed by atoms with van der Waals surface area (Å²) in [7, 11) is 0. The first-order valence-corrected chi connectivity index (χ1v) is 6.41. The summed E-state index contributed by atoms with van der Waals surface area (Å²) < 4.78 is 0. The molecule has 16 heavy (non-hydrogen) atoms. The molecule has 0 bridgehead atoms. The second kappa shape index (κ2) is 4.19. The molecule has 1 aromatic rings. The van der Waals surface area contributed by atoms with Crippen LogP contribution in [0, 0.1) is 0 Å². The minimum atomic E-state index is 0.745. The fourth-order valence-electron chi connectivity index (χ4n) is 3.09. The molecule has 2 aliphatic rings. The number of nitrogens with zero attached hydrogens (tertiary/aromatic N) is 1. The molecule has 0 unspecified atom stereocenters. The number of hydrogen-bond acceptors (Lipinski definition) is 2. The maximum atomic E-state index is 3.38. The summed E-state index contributed by atoms with van der Waals surface area (Å²) in [5.74, 6) is 0. The summed E-state index contributed by atoms with van der Waals surface area (Å²) in [6.45, 7) is 5.84. The molecule has 86 valence electrons. The van der Waals surface area contributed by atoms with Crippen molar-refractivity contribution in [2.45, 2.75) is 31.8 Å². The molecule has 0 aromatic heterocycles. The zero-order valence-electron chi connectivity index (χ0n) is 9.95. The molecule has 1 fully saturated rings. The fraction of sp³-hybridized carbons (Fsp3) is 0.571. The van der Waals surface area contributed by atoms with E-state index >= 15 is 0 Å². The number of likely N-dealkylation sites (N-methyl/N-ethyl adjacent to an activating group) is 1. The van der Waals surface area contributed by atoms with Gasteiger partial charge in [-0.15, -0.1) is 0 Å². The third kappa shape index (κ3) is 1.66. The van der Waals surface area contributed by atoms with Crippen molar-refractivity contribution < 1.29 is 0 Å². The van der Waals surface area contributed by atoms with E-state index < -0.39 is 0 Å². The van der Waals surface area contributed by atoms with E-state index in [0.29, 0.717) is 0 Å². The summed E-state index contributed by atoms with van der Waals surface area (Å²) in [5, 5.41) is 3.38. The summed E-state index contributed by atoms with van der Waals surface area (Å²) in [5.41, 5.74) is 3.14. The molecular formula is C14H20N2. The SMILES string of the molecule is CCN(C1CNC1)C1Cc2ccccc2C1. The van der Waals surface area contributed by atoms with Crippen molar-refractivity contribution in [1.29, 1.82) is 0 Å². The molecule has 0 atom stereocenters. The van der Waals surface area contributed by atoms with Crippen LogP contribution in [0.25, 0.3) is 0 Å². The van der Waals surface area contributed by atoms with Gasteiger partial charge in [-0.3, -0.25) is 4.90 Å². The standard InChI is InChI=1S/C14H20N2/c1-2-16(14-9-15-10-14)13-7-11-5-3-4-6-12(11)8-13/h3-6,13-15H,2,7-10H2,1H3. The Morgan fingerprint density at radius 2 is 1.75 bits per heavy atom. The van der Waals surface area contributed by atoms with Gasteiger partial charge in [-0.1, -0.05) is 31.2 Å². The van der Waals surface area contributed by atoms with Gasteiger partial charge in [-0.25, -0.2) is 0 Å². The lowest BCUT2D eigenvalue weighted by molar-refractivity contribution is 0.105. The summed E-state index contributed by atoms with van der Waals surface area (Å²) in [6, 6.07) is 10.5. The van der Waals surface area contributed by atoms with Crippen molar-refractivity contribution in [3.8, 4) is 0 Å². The highest BCUT2D eigenvalue weighted by Crippen LogP contribution is 2.27. The molecule has 0 spiro atoms. The van der Waals surface area contributed by atoms with Crippen LogP contribution in [-0.4, -0.2) is 36.6 Å². The van der Waals surface area contributed by atoms with E-state index in [1.807, 2.05) is 0 Å². The third-order valence-corrected chi connectivity index (χ3v) is 4.09. The van der Waals surface area contributed by atoms with Gasteiger partial charge in [-0.05, 0) is 30.5 Å². The van der Waals surface area contributed by atoms with Crippen molar-refractivity contribution in [1.82, 2.24) is 10.2 Å². The van der Waals surface area contributed by atoms with Crippen LogP contribution >= 0.6 is 0 Å². The molecule has 1 heterocycles. The topological polar surface area (TPSA) is 15.3 Å². The molecular weight excluding hydrogens is 196 g/mol. The van der Waals surface area contributed by atoms with E-state index in [1.54, 1.807) is 11.1 Å². The predicted octanol–water partition coefficient (Wildman–Crippen LogP) is 1.45. The van der Waals surface area contributed by atoms with Gasteiger partial charge >= 0.3 is 0 Å². The highest BCUT2D eigenvalue weighted by molar-refractivity contribution is 5.33. The zero-order chi connectivity index (χ0) is 11.0. The molecule has 0 saturated carbocycles. The Kier molecular flexibility index (Phi) is 2.70. The predicted molar refractivity (Wildman–Crippen MR) is 66.7 cm³/mol. The van der Waals surface area contributed by atoms with E-state index in [1.165, 1.54) is 32.5 Å². The molecule has 1 aromatic carbocycles. The zero-order valence-corrected chi connectivity index (χ0v) is 9.95. The van der Waals surface area contributed by atoms with Gasteiger partial charge in [0.05, 0.1) is 0 Å². The average molecular weight is 216 g/mol. The minimum absolute atomic E-state index is 0.745. The quantitative estimate of drug-likeness (QED) is 0.822. The van der Waals surface area contributed by atoms with Crippen LogP contribution in [0.4, 0.5) is 0 Å². The second-order valence-corrected chi connectivity index (χ2v) is 4.97. The van der Waals surface area contributed by atoms with Crippen LogP contribution in [0.15, 0.2) is 24.3 Å². The number of nitrogens with one attached hydrogen (secondary N) is 1. The Labute approximate surface area is 97.6 Å². The normalized spacial score (nSPS) is 21.1. The number of fused-ring (bicyclic) bond motifs is 1. The van der Waals surface area contributed by atoms with Crippen molar-refractivity contribution >= 4 is 0 Å². The van der Waals surface area contributed by atoms with E-state index in [2.05, 4.69) is 41.4 Å². The van der Waals surface area contributed by atoms with Crippen molar-refractivity contribution in [2.75, 3.05) is 19.6 Å². The molecule has 2 heteroatoms. The number of benzene rings is 1. The van der Waals surface area contributed by atoms with Gasteiger partial charge in [-0.2, -0.15) is 0 Å². The fourth-order valence-corrected chi connectivity index (χ4v) is 3.09. The Morgan fingerprint density at radius 1 is 1.12 bits per heavy atom. The van der Waals surface area contributed by atoms with Gasteiger partial charge in [0, 0.05) is 25.2 Å². The summed E-state index contributed by atoms with van der Waals surface area (Å²) in [6.07, 6.45) is 2.50. The van der Waals surface area contributed by atoms with Crippen LogP contribution in [0.5, 0.6) is 0 Å². The monoisotopic (exact) mass is 216 g/mol. The second-order valence-electron chi connectivity index (χ2n) is 4.97. The minimum Gasteiger partial charge on any atom is -0.314 e. The van der Waals surface area contributed by atoms with Crippen LogP contribution in [-0.2, 0) is 12.8 Å². The molecule has 1 N–H and O–H groups in total. The maximum Gasteiger partial charge on any atom is 0.0348 e. The van der Waals surface area contributed by atoms with Crippen molar-refractivity contribution in [3.05, 3.63) is 35.4 Å². The smallest absolute Gasteiger partial charge is 0.0348 e. The first-order chi connectivity index (χ1) is 7.88. The molecule has 2 nitrogen and oxygen atoms in total. The van der Waals surface area contributed by atoms with Gasteiger partial charge in [0.15, 0.2) is 0 Å². The van der Waals surface area contributed by atoms with Gasteiger partial charge in [0.25, 0.3) is 0 Å². The molecule has 1 saturated heterocycles. The molecule has 0 amide bonds. The highest BCUT2D eigenvalue weighted by atomic mass is 15.3. The van der Waals surface area contributed by atoms with Gasteiger partial charge in [0.1, 0.15) is 0 Å². The number of rotatable bonds is 3.